The molecule has 2 rings (SSSR count). The molecule has 0 radical (unpaired) electrons. The zero-order valence-corrected chi connectivity index (χ0v) is 10.9. The molecule has 1 heterocycles. The summed E-state index contributed by atoms with van der Waals surface area (Å²) in [6.45, 7) is 2.00. The van der Waals surface area contributed by atoms with Crippen molar-refractivity contribution in [2.75, 3.05) is 5.43 Å². The predicted molar refractivity (Wildman–Crippen MR) is 72.1 cm³/mol. The van der Waals surface area contributed by atoms with E-state index in [0.717, 1.165) is 10.4 Å². The van der Waals surface area contributed by atoms with E-state index in [0.29, 0.717) is 5.13 Å². The summed E-state index contributed by atoms with van der Waals surface area (Å²) < 4.78 is 5.46. The smallest absolute Gasteiger partial charge is 0.311 e. The number of rotatable bonds is 5. The second kappa shape index (κ2) is 5.63. The fraction of sp³-hybridized carbons (Fsp3) is 0.182. The van der Waals surface area contributed by atoms with Crippen LogP contribution in [-0.2, 0) is 6.61 Å². The van der Waals surface area contributed by atoms with Gasteiger partial charge in [0, 0.05) is 12.3 Å². The van der Waals surface area contributed by atoms with Crippen LogP contribution in [0.2, 0.25) is 0 Å². The highest BCUT2D eigenvalue weighted by Gasteiger charge is 2.15. The lowest BCUT2D eigenvalue weighted by Crippen LogP contribution is -2.05. The van der Waals surface area contributed by atoms with Crippen molar-refractivity contribution >= 4 is 22.2 Å². The monoisotopic (exact) mass is 280 g/mol. The lowest BCUT2D eigenvalue weighted by molar-refractivity contribution is -0.386. The van der Waals surface area contributed by atoms with Gasteiger partial charge in [0.2, 0.25) is 0 Å². The van der Waals surface area contributed by atoms with Gasteiger partial charge in [0.25, 0.3) is 0 Å². The van der Waals surface area contributed by atoms with Crippen molar-refractivity contribution in [1.82, 2.24) is 4.98 Å². The Hall–Kier alpha value is -2.19. The van der Waals surface area contributed by atoms with Gasteiger partial charge < -0.3 is 4.74 Å². The molecule has 8 heteroatoms. The number of nitrogens with zero attached hydrogens (tertiary/aromatic N) is 2. The fourth-order valence-electron chi connectivity index (χ4n) is 1.48. The van der Waals surface area contributed by atoms with E-state index in [2.05, 4.69) is 10.4 Å². The van der Waals surface area contributed by atoms with Crippen LogP contribution >= 0.6 is 11.3 Å². The average molecular weight is 280 g/mol. The minimum Gasteiger partial charge on any atom is -0.481 e. The molecule has 0 unspecified atom stereocenters. The molecule has 0 saturated heterocycles. The van der Waals surface area contributed by atoms with Crippen molar-refractivity contribution in [1.29, 1.82) is 0 Å². The Morgan fingerprint density at radius 1 is 1.58 bits per heavy atom. The summed E-state index contributed by atoms with van der Waals surface area (Å²) in [5.41, 5.74) is 3.20. The zero-order chi connectivity index (χ0) is 13.8. The van der Waals surface area contributed by atoms with E-state index in [1.807, 2.05) is 0 Å². The van der Waals surface area contributed by atoms with E-state index in [-0.39, 0.29) is 18.0 Å². The third-order valence-electron chi connectivity index (χ3n) is 2.36. The standard InChI is InChI=1S/C11H12N4O3S/c1-7-2-3-10(9(4-7)15(16)17)18-6-8-5-13-11(14-12)19-8/h2-5H,6,12H2,1H3,(H,13,14). The van der Waals surface area contributed by atoms with Crippen molar-refractivity contribution in [2.24, 2.45) is 5.84 Å². The number of benzene rings is 1. The molecule has 2 aromatic rings. The van der Waals surface area contributed by atoms with E-state index in [1.165, 1.54) is 17.4 Å². The summed E-state index contributed by atoms with van der Waals surface area (Å²) in [5.74, 6) is 5.46. The topological polar surface area (TPSA) is 103 Å². The van der Waals surface area contributed by atoms with Crippen LogP contribution in [0.25, 0.3) is 0 Å². The van der Waals surface area contributed by atoms with Crippen molar-refractivity contribution < 1.29 is 9.66 Å². The first kappa shape index (κ1) is 13.2. The van der Waals surface area contributed by atoms with Crippen molar-refractivity contribution in [2.45, 2.75) is 13.5 Å². The Labute approximate surface area is 113 Å². The molecule has 0 aliphatic rings. The van der Waals surface area contributed by atoms with Gasteiger partial charge in [-0.05, 0) is 18.6 Å². The molecule has 7 nitrogen and oxygen atoms in total. The second-order valence-corrected chi connectivity index (χ2v) is 4.91. The van der Waals surface area contributed by atoms with Gasteiger partial charge in [-0.25, -0.2) is 10.8 Å². The molecule has 0 saturated carbocycles. The molecule has 0 atom stereocenters. The molecule has 0 fully saturated rings. The number of nitrogen functional groups attached to an aromatic ring is 1. The van der Waals surface area contributed by atoms with Crippen LogP contribution in [0.1, 0.15) is 10.4 Å². The number of anilines is 1. The molecule has 0 amide bonds. The maximum Gasteiger partial charge on any atom is 0.311 e. The Balaban J connectivity index is 2.12. The largest absolute Gasteiger partial charge is 0.481 e. The number of thiazole rings is 1. The van der Waals surface area contributed by atoms with Crippen LogP contribution < -0.4 is 16.0 Å². The van der Waals surface area contributed by atoms with Gasteiger partial charge in [-0.1, -0.05) is 17.4 Å². The number of ether oxygens (including phenoxy) is 1. The number of hydrazine groups is 1. The van der Waals surface area contributed by atoms with Gasteiger partial charge in [-0.15, -0.1) is 0 Å². The highest BCUT2D eigenvalue weighted by Crippen LogP contribution is 2.29. The van der Waals surface area contributed by atoms with Crippen LogP contribution in [0.5, 0.6) is 5.75 Å². The lowest BCUT2D eigenvalue weighted by atomic mass is 10.2. The van der Waals surface area contributed by atoms with Gasteiger partial charge in [-0.3, -0.25) is 15.5 Å². The summed E-state index contributed by atoms with van der Waals surface area (Å²) in [7, 11) is 0. The number of nitro benzene ring substituents is 1. The van der Waals surface area contributed by atoms with E-state index in [4.69, 9.17) is 10.6 Å². The van der Waals surface area contributed by atoms with Crippen molar-refractivity contribution in [3.05, 3.63) is 45.0 Å². The van der Waals surface area contributed by atoms with E-state index in [1.54, 1.807) is 25.3 Å². The number of nitro groups is 1. The molecular weight excluding hydrogens is 268 g/mol. The number of hydrogen-bond donors (Lipinski definition) is 2. The third kappa shape index (κ3) is 3.18. The number of aromatic nitrogens is 1. The molecular formula is C11H12N4O3S. The molecule has 0 spiro atoms. The Kier molecular flexibility index (Phi) is 3.93. The fourth-order valence-corrected chi connectivity index (χ4v) is 2.12. The first-order valence-electron chi connectivity index (χ1n) is 5.39. The van der Waals surface area contributed by atoms with Crippen molar-refractivity contribution in [3.8, 4) is 5.75 Å². The number of nitrogens with one attached hydrogen (secondary N) is 1. The third-order valence-corrected chi connectivity index (χ3v) is 3.26. The highest BCUT2D eigenvalue weighted by atomic mass is 32.1. The number of nitrogens with two attached hydrogens (primary N) is 1. The van der Waals surface area contributed by atoms with Crippen LogP contribution in [-0.4, -0.2) is 9.91 Å². The highest BCUT2D eigenvalue weighted by molar-refractivity contribution is 7.15. The molecule has 100 valence electrons. The summed E-state index contributed by atoms with van der Waals surface area (Å²) in [5, 5.41) is 11.5. The van der Waals surface area contributed by atoms with E-state index >= 15 is 0 Å². The molecule has 3 N–H and O–H groups in total. The van der Waals surface area contributed by atoms with Crippen LogP contribution in [0, 0.1) is 17.0 Å². The van der Waals surface area contributed by atoms with E-state index in [9.17, 15) is 10.1 Å². The minimum absolute atomic E-state index is 0.0401. The van der Waals surface area contributed by atoms with Crippen LogP contribution in [0.4, 0.5) is 10.8 Å². The minimum atomic E-state index is -0.456. The summed E-state index contributed by atoms with van der Waals surface area (Å²) in [4.78, 5) is 15.3. The number of hydrogen-bond acceptors (Lipinski definition) is 7. The Bertz CT molecular complexity index is 599. The normalized spacial score (nSPS) is 10.2. The van der Waals surface area contributed by atoms with Gasteiger partial charge >= 0.3 is 5.69 Å². The predicted octanol–water partition coefficient (Wildman–Crippen LogP) is 2.22. The maximum atomic E-state index is 10.9. The van der Waals surface area contributed by atoms with Crippen LogP contribution in [0.15, 0.2) is 24.4 Å². The number of aryl methyl sites for hydroxylation is 1. The van der Waals surface area contributed by atoms with Crippen LogP contribution in [0.3, 0.4) is 0 Å². The quantitative estimate of drug-likeness (QED) is 0.494. The Morgan fingerprint density at radius 3 is 3.00 bits per heavy atom. The summed E-state index contributed by atoms with van der Waals surface area (Å²) in [6, 6.07) is 4.84. The zero-order valence-electron chi connectivity index (χ0n) is 10.1. The maximum absolute atomic E-state index is 10.9. The second-order valence-electron chi connectivity index (χ2n) is 3.79. The van der Waals surface area contributed by atoms with Gasteiger partial charge in [0.05, 0.1) is 9.80 Å². The molecule has 1 aromatic heterocycles. The summed E-state index contributed by atoms with van der Waals surface area (Å²) in [6.07, 6.45) is 1.61. The summed E-state index contributed by atoms with van der Waals surface area (Å²) >= 11 is 1.33. The molecule has 19 heavy (non-hydrogen) atoms. The lowest BCUT2D eigenvalue weighted by Gasteiger charge is -2.05. The first-order valence-corrected chi connectivity index (χ1v) is 6.21. The molecule has 0 aliphatic carbocycles. The van der Waals surface area contributed by atoms with Gasteiger partial charge in [-0.2, -0.15) is 0 Å². The Morgan fingerprint density at radius 2 is 2.37 bits per heavy atom. The molecule has 1 aromatic carbocycles. The SMILES string of the molecule is Cc1ccc(OCc2cnc(NN)s2)c([N+](=O)[O-])c1. The van der Waals surface area contributed by atoms with Crippen molar-refractivity contribution in [3.63, 3.8) is 0 Å². The molecule has 0 aliphatic heterocycles. The first-order chi connectivity index (χ1) is 9.10. The van der Waals surface area contributed by atoms with Gasteiger partial charge in [0.15, 0.2) is 10.9 Å². The van der Waals surface area contributed by atoms with E-state index < -0.39 is 4.92 Å². The van der Waals surface area contributed by atoms with Gasteiger partial charge in [0.1, 0.15) is 6.61 Å². The average Bonchev–Trinajstić information content (AvgIpc) is 2.85. The molecule has 0 bridgehead atoms.